The van der Waals surface area contributed by atoms with E-state index in [1.807, 2.05) is 12.1 Å². The highest BCUT2D eigenvalue weighted by Gasteiger charge is 2.19. The minimum atomic E-state index is 0.453. The van der Waals surface area contributed by atoms with Crippen molar-refractivity contribution in [3.63, 3.8) is 0 Å². The number of morpholine rings is 1. The molecule has 1 fully saturated rings. The van der Waals surface area contributed by atoms with E-state index < -0.39 is 0 Å². The molecule has 3 nitrogen and oxygen atoms in total. The summed E-state index contributed by atoms with van der Waals surface area (Å²) in [5.41, 5.74) is 7.83. The highest BCUT2D eigenvalue weighted by atomic mass is 35.5. The van der Waals surface area contributed by atoms with Crippen molar-refractivity contribution in [3.8, 4) is 0 Å². The van der Waals surface area contributed by atoms with Gasteiger partial charge in [0.1, 0.15) is 0 Å². The Kier molecular flexibility index (Phi) is 4.40. The van der Waals surface area contributed by atoms with Crippen LogP contribution in [0.2, 0.25) is 5.02 Å². The van der Waals surface area contributed by atoms with E-state index in [4.69, 9.17) is 22.1 Å². The number of rotatable bonds is 3. The summed E-state index contributed by atoms with van der Waals surface area (Å²) in [6.45, 7) is 6.18. The van der Waals surface area contributed by atoms with Crippen LogP contribution in [-0.4, -0.2) is 30.7 Å². The first-order valence-corrected chi connectivity index (χ1v) is 6.37. The van der Waals surface area contributed by atoms with Gasteiger partial charge in [0.15, 0.2) is 0 Å². The summed E-state index contributed by atoms with van der Waals surface area (Å²) in [6, 6.07) is 6.54. The lowest BCUT2D eigenvalue weighted by Gasteiger charge is -2.33. The Morgan fingerprint density at radius 1 is 1.53 bits per heavy atom. The third-order valence-electron chi connectivity index (χ3n) is 3.23. The molecule has 2 rings (SSSR count). The zero-order valence-electron chi connectivity index (χ0n) is 10.2. The smallest absolute Gasteiger partial charge is 0.0619 e. The molecule has 1 saturated heterocycles. The third kappa shape index (κ3) is 3.19. The average molecular weight is 255 g/mol. The van der Waals surface area contributed by atoms with E-state index >= 15 is 0 Å². The highest BCUT2D eigenvalue weighted by molar-refractivity contribution is 6.31. The van der Waals surface area contributed by atoms with Gasteiger partial charge in [-0.1, -0.05) is 23.7 Å². The van der Waals surface area contributed by atoms with Crippen LogP contribution < -0.4 is 5.73 Å². The Morgan fingerprint density at radius 2 is 2.35 bits per heavy atom. The maximum atomic E-state index is 6.26. The number of nitrogens with two attached hydrogens (primary N) is 1. The van der Waals surface area contributed by atoms with Crippen molar-refractivity contribution in [2.75, 3.05) is 19.8 Å². The number of nitrogens with zero attached hydrogens (tertiary/aromatic N) is 1. The fourth-order valence-corrected chi connectivity index (χ4v) is 2.32. The van der Waals surface area contributed by atoms with Crippen molar-refractivity contribution in [1.82, 2.24) is 4.90 Å². The van der Waals surface area contributed by atoms with Gasteiger partial charge < -0.3 is 10.5 Å². The molecule has 4 heteroatoms. The Hall–Kier alpha value is -0.610. The van der Waals surface area contributed by atoms with Crippen LogP contribution in [0.1, 0.15) is 18.1 Å². The third-order valence-corrected chi connectivity index (χ3v) is 3.58. The molecule has 1 heterocycles. The highest BCUT2D eigenvalue weighted by Crippen LogP contribution is 2.21. The van der Waals surface area contributed by atoms with E-state index in [9.17, 15) is 0 Å². The largest absolute Gasteiger partial charge is 0.379 e. The number of ether oxygens (including phenoxy) is 1. The van der Waals surface area contributed by atoms with Gasteiger partial charge in [-0.3, -0.25) is 4.90 Å². The summed E-state index contributed by atoms with van der Waals surface area (Å²) in [4.78, 5) is 2.40. The fraction of sp³-hybridized carbons (Fsp3) is 0.538. The molecule has 0 saturated carbocycles. The second kappa shape index (κ2) is 5.83. The Bertz CT molecular complexity index is 384. The molecule has 0 aliphatic carbocycles. The van der Waals surface area contributed by atoms with Gasteiger partial charge in [-0.25, -0.2) is 0 Å². The minimum absolute atomic E-state index is 0.453. The van der Waals surface area contributed by atoms with Crippen molar-refractivity contribution in [2.24, 2.45) is 5.73 Å². The van der Waals surface area contributed by atoms with Gasteiger partial charge in [0, 0.05) is 30.7 Å². The van der Waals surface area contributed by atoms with Crippen LogP contribution in [0.25, 0.3) is 0 Å². The number of halogens is 1. The Balaban J connectivity index is 2.07. The molecule has 1 atom stereocenters. The second-order valence-electron chi connectivity index (χ2n) is 4.52. The Morgan fingerprint density at radius 3 is 3.00 bits per heavy atom. The molecule has 0 aromatic heterocycles. The molecular formula is C13H19ClN2O. The van der Waals surface area contributed by atoms with Crippen LogP contribution in [0, 0.1) is 0 Å². The summed E-state index contributed by atoms with van der Waals surface area (Å²) >= 11 is 6.26. The van der Waals surface area contributed by atoms with E-state index in [2.05, 4.69) is 17.9 Å². The molecule has 1 aromatic rings. The van der Waals surface area contributed by atoms with Crippen molar-refractivity contribution in [1.29, 1.82) is 0 Å². The van der Waals surface area contributed by atoms with Gasteiger partial charge in [-0.05, 0) is 24.1 Å². The van der Waals surface area contributed by atoms with E-state index in [0.717, 1.165) is 42.5 Å². The van der Waals surface area contributed by atoms with E-state index in [0.29, 0.717) is 12.6 Å². The molecule has 1 aliphatic rings. The summed E-state index contributed by atoms with van der Waals surface area (Å²) in [7, 11) is 0. The van der Waals surface area contributed by atoms with Crippen LogP contribution in [0.5, 0.6) is 0 Å². The summed E-state index contributed by atoms with van der Waals surface area (Å²) < 4.78 is 5.43. The SMILES string of the molecule is CC1COCCN1Cc1ccc(CN)cc1Cl. The van der Waals surface area contributed by atoms with E-state index in [1.165, 1.54) is 0 Å². The van der Waals surface area contributed by atoms with E-state index in [-0.39, 0.29) is 0 Å². The van der Waals surface area contributed by atoms with Crippen LogP contribution in [0.3, 0.4) is 0 Å². The van der Waals surface area contributed by atoms with Crippen molar-refractivity contribution in [3.05, 3.63) is 34.3 Å². The van der Waals surface area contributed by atoms with Crippen LogP contribution in [0.4, 0.5) is 0 Å². The van der Waals surface area contributed by atoms with Gasteiger partial charge >= 0.3 is 0 Å². The molecule has 1 aromatic carbocycles. The maximum absolute atomic E-state index is 6.26. The van der Waals surface area contributed by atoms with Gasteiger partial charge in [-0.15, -0.1) is 0 Å². The molecular weight excluding hydrogens is 236 g/mol. The van der Waals surface area contributed by atoms with Crippen molar-refractivity contribution in [2.45, 2.75) is 26.1 Å². The summed E-state index contributed by atoms with van der Waals surface area (Å²) in [5.74, 6) is 0. The molecule has 94 valence electrons. The molecule has 0 spiro atoms. The lowest BCUT2D eigenvalue weighted by Crippen LogP contribution is -2.42. The number of hydrogen-bond acceptors (Lipinski definition) is 3. The van der Waals surface area contributed by atoms with Crippen molar-refractivity contribution >= 4 is 11.6 Å². The number of hydrogen-bond donors (Lipinski definition) is 1. The zero-order valence-corrected chi connectivity index (χ0v) is 10.9. The molecule has 17 heavy (non-hydrogen) atoms. The predicted octanol–water partition coefficient (Wildman–Crippen LogP) is 2.02. The van der Waals surface area contributed by atoms with E-state index in [1.54, 1.807) is 0 Å². The topological polar surface area (TPSA) is 38.5 Å². The minimum Gasteiger partial charge on any atom is -0.379 e. The summed E-state index contributed by atoms with van der Waals surface area (Å²) in [6.07, 6.45) is 0. The van der Waals surface area contributed by atoms with Crippen LogP contribution >= 0.6 is 11.6 Å². The van der Waals surface area contributed by atoms with Crippen LogP contribution in [-0.2, 0) is 17.8 Å². The van der Waals surface area contributed by atoms with Gasteiger partial charge in [0.2, 0.25) is 0 Å². The second-order valence-corrected chi connectivity index (χ2v) is 4.93. The van der Waals surface area contributed by atoms with Gasteiger partial charge in [0.05, 0.1) is 13.2 Å². The first kappa shape index (κ1) is 12.8. The molecule has 1 aliphatic heterocycles. The fourth-order valence-electron chi connectivity index (χ4n) is 2.06. The molecule has 0 radical (unpaired) electrons. The molecule has 0 bridgehead atoms. The quantitative estimate of drug-likeness (QED) is 0.897. The Labute approximate surface area is 107 Å². The summed E-state index contributed by atoms with van der Waals surface area (Å²) in [5, 5.41) is 0.812. The first-order valence-electron chi connectivity index (χ1n) is 6.00. The normalized spacial score (nSPS) is 21.7. The van der Waals surface area contributed by atoms with Gasteiger partial charge in [-0.2, -0.15) is 0 Å². The van der Waals surface area contributed by atoms with Gasteiger partial charge in [0.25, 0.3) is 0 Å². The van der Waals surface area contributed by atoms with Crippen LogP contribution in [0.15, 0.2) is 18.2 Å². The molecule has 2 N–H and O–H groups in total. The maximum Gasteiger partial charge on any atom is 0.0619 e. The lowest BCUT2D eigenvalue weighted by molar-refractivity contribution is -0.00435. The molecule has 1 unspecified atom stereocenters. The van der Waals surface area contributed by atoms with Crippen molar-refractivity contribution < 1.29 is 4.74 Å². The lowest BCUT2D eigenvalue weighted by atomic mass is 10.1. The number of benzene rings is 1. The first-order chi connectivity index (χ1) is 8.20. The monoisotopic (exact) mass is 254 g/mol. The zero-order chi connectivity index (χ0) is 12.3. The molecule has 0 amide bonds. The average Bonchev–Trinajstić information content (AvgIpc) is 2.34. The standard InChI is InChI=1S/C13H19ClN2O/c1-10-9-17-5-4-16(10)8-12-3-2-11(7-15)6-13(12)14/h2-3,6,10H,4-5,7-9,15H2,1H3. The predicted molar refractivity (Wildman–Crippen MR) is 70.0 cm³/mol.